The number of hydrogen-bond donors (Lipinski definition) is 2. The molecule has 2 atom stereocenters. The van der Waals surface area contributed by atoms with Crippen LogP contribution in [0.5, 0.6) is 0 Å². The van der Waals surface area contributed by atoms with Crippen LogP contribution in [0.1, 0.15) is 37.9 Å². The highest BCUT2D eigenvalue weighted by Gasteiger charge is 2.21. The van der Waals surface area contributed by atoms with Crippen molar-refractivity contribution >= 4 is 5.91 Å². The molecular weight excluding hydrogens is 240 g/mol. The van der Waals surface area contributed by atoms with Gasteiger partial charge < -0.3 is 15.8 Å². The molecule has 0 aliphatic heterocycles. The molecule has 19 heavy (non-hydrogen) atoms. The minimum atomic E-state index is -0.572. The Labute approximate surface area is 115 Å². The first-order chi connectivity index (χ1) is 9.22. The van der Waals surface area contributed by atoms with Crippen LogP contribution in [0.3, 0.4) is 0 Å². The van der Waals surface area contributed by atoms with Crippen molar-refractivity contribution in [1.29, 1.82) is 0 Å². The van der Waals surface area contributed by atoms with Crippen LogP contribution in [0.4, 0.5) is 0 Å². The lowest BCUT2D eigenvalue weighted by molar-refractivity contribution is -0.132. The fourth-order valence-corrected chi connectivity index (χ4v) is 2.00. The van der Waals surface area contributed by atoms with Gasteiger partial charge in [-0.1, -0.05) is 50.1 Å². The van der Waals surface area contributed by atoms with E-state index in [4.69, 9.17) is 10.5 Å². The zero-order valence-corrected chi connectivity index (χ0v) is 11.8. The normalized spacial score (nSPS) is 13.8. The Bertz CT molecular complexity index is 368. The third-order valence-corrected chi connectivity index (χ3v) is 3.11. The van der Waals surface area contributed by atoms with E-state index in [1.165, 1.54) is 0 Å². The number of rotatable bonds is 8. The zero-order chi connectivity index (χ0) is 14.1. The van der Waals surface area contributed by atoms with E-state index in [-0.39, 0.29) is 11.9 Å². The van der Waals surface area contributed by atoms with E-state index in [9.17, 15) is 4.79 Å². The van der Waals surface area contributed by atoms with E-state index in [1.807, 2.05) is 30.3 Å². The summed E-state index contributed by atoms with van der Waals surface area (Å²) >= 11 is 0. The molecule has 1 aromatic rings. The molecule has 1 amide bonds. The van der Waals surface area contributed by atoms with E-state index >= 15 is 0 Å². The Hall–Kier alpha value is -1.39. The van der Waals surface area contributed by atoms with Crippen molar-refractivity contribution in [3.8, 4) is 0 Å². The summed E-state index contributed by atoms with van der Waals surface area (Å²) in [4.78, 5) is 12.2. The Morgan fingerprint density at radius 3 is 2.58 bits per heavy atom. The highest BCUT2D eigenvalue weighted by atomic mass is 16.5. The Morgan fingerprint density at radius 2 is 2.05 bits per heavy atom. The maximum absolute atomic E-state index is 12.2. The first-order valence-electron chi connectivity index (χ1n) is 6.81. The summed E-state index contributed by atoms with van der Waals surface area (Å²) < 4.78 is 5.30. The summed E-state index contributed by atoms with van der Waals surface area (Å²) in [5.74, 6) is -0.125. The molecular formula is C15H24N2O2. The number of unbranched alkanes of at least 4 members (excludes halogenated alkanes) is 1. The molecule has 0 aliphatic rings. The fourth-order valence-electron chi connectivity index (χ4n) is 2.00. The topological polar surface area (TPSA) is 64.3 Å². The lowest BCUT2D eigenvalue weighted by Gasteiger charge is -2.21. The lowest BCUT2D eigenvalue weighted by Crippen LogP contribution is -2.42. The summed E-state index contributed by atoms with van der Waals surface area (Å²) in [6.07, 6.45) is 2.49. The Kier molecular flexibility index (Phi) is 7.15. The Morgan fingerprint density at radius 1 is 1.37 bits per heavy atom. The molecule has 0 saturated carbocycles. The molecule has 2 unspecified atom stereocenters. The van der Waals surface area contributed by atoms with Crippen LogP contribution >= 0.6 is 0 Å². The van der Waals surface area contributed by atoms with Crippen LogP contribution in [0.15, 0.2) is 30.3 Å². The largest absolute Gasteiger partial charge is 0.367 e. The van der Waals surface area contributed by atoms with Gasteiger partial charge >= 0.3 is 0 Å². The van der Waals surface area contributed by atoms with Crippen molar-refractivity contribution < 1.29 is 9.53 Å². The van der Waals surface area contributed by atoms with Crippen molar-refractivity contribution in [2.45, 2.75) is 38.3 Å². The smallest absolute Gasteiger partial charge is 0.254 e. The number of carbonyl (C=O) groups excluding carboxylic acids is 1. The minimum Gasteiger partial charge on any atom is -0.367 e. The van der Waals surface area contributed by atoms with Gasteiger partial charge in [-0.3, -0.25) is 4.79 Å². The van der Waals surface area contributed by atoms with Gasteiger partial charge in [0.2, 0.25) is 0 Å². The van der Waals surface area contributed by atoms with E-state index < -0.39 is 6.10 Å². The molecule has 4 nitrogen and oxygen atoms in total. The van der Waals surface area contributed by atoms with Gasteiger partial charge in [0, 0.05) is 19.7 Å². The number of hydrogen-bond acceptors (Lipinski definition) is 3. The molecule has 0 saturated heterocycles. The van der Waals surface area contributed by atoms with Gasteiger partial charge in [-0.2, -0.15) is 0 Å². The SMILES string of the molecule is CCCCC(CN)NC(=O)C(OC)c1ccccc1. The van der Waals surface area contributed by atoms with E-state index in [0.29, 0.717) is 6.54 Å². The van der Waals surface area contributed by atoms with Crippen LogP contribution in [-0.4, -0.2) is 25.6 Å². The van der Waals surface area contributed by atoms with Gasteiger partial charge in [0.15, 0.2) is 6.10 Å². The van der Waals surface area contributed by atoms with Gasteiger partial charge in [0.05, 0.1) is 0 Å². The number of amides is 1. The molecule has 3 N–H and O–H groups in total. The average Bonchev–Trinajstić information content (AvgIpc) is 2.45. The highest BCUT2D eigenvalue weighted by Crippen LogP contribution is 2.16. The van der Waals surface area contributed by atoms with E-state index in [2.05, 4.69) is 12.2 Å². The predicted molar refractivity (Wildman–Crippen MR) is 76.7 cm³/mol. The molecule has 4 heteroatoms. The second kappa shape index (κ2) is 8.67. The quantitative estimate of drug-likeness (QED) is 0.755. The second-order valence-corrected chi connectivity index (χ2v) is 4.61. The predicted octanol–water partition coefficient (Wildman–Crippen LogP) is 2.01. The molecule has 0 heterocycles. The van der Waals surface area contributed by atoms with Gasteiger partial charge in [-0.15, -0.1) is 0 Å². The molecule has 0 spiro atoms. The van der Waals surface area contributed by atoms with Gasteiger partial charge in [0.1, 0.15) is 0 Å². The third-order valence-electron chi connectivity index (χ3n) is 3.11. The number of methoxy groups -OCH3 is 1. The van der Waals surface area contributed by atoms with Crippen LogP contribution in [0, 0.1) is 0 Å². The monoisotopic (exact) mass is 264 g/mol. The summed E-state index contributed by atoms with van der Waals surface area (Å²) in [6, 6.07) is 9.50. The van der Waals surface area contributed by atoms with E-state index in [0.717, 1.165) is 24.8 Å². The van der Waals surface area contributed by atoms with Crippen LogP contribution in [-0.2, 0) is 9.53 Å². The van der Waals surface area contributed by atoms with Crippen LogP contribution in [0.2, 0.25) is 0 Å². The number of benzene rings is 1. The van der Waals surface area contributed by atoms with E-state index in [1.54, 1.807) is 7.11 Å². The third kappa shape index (κ3) is 5.01. The fraction of sp³-hybridized carbons (Fsp3) is 0.533. The molecule has 0 aromatic heterocycles. The van der Waals surface area contributed by atoms with Gasteiger partial charge in [-0.05, 0) is 12.0 Å². The molecule has 0 aliphatic carbocycles. The lowest BCUT2D eigenvalue weighted by atomic mass is 10.1. The van der Waals surface area contributed by atoms with Gasteiger partial charge in [-0.25, -0.2) is 0 Å². The highest BCUT2D eigenvalue weighted by molar-refractivity contribution is 5.82. The minimum absolute atomic E-state index is 0.0220. The molecule has 1 rings (SSSR count). The number of nitrogens with two attached hydrogens (primary N) is 1. The molecule has 106 valence electrons. The van der Waals surface area contributed by atoms with Crippen LogP contribution in [0.25, 0.3) is 0 Å². The second-order valence-electron chi connectivity index (χ2n) is 4.61. The molecule has 0 fully saturated rings. The number of nitrogens with one attached hydrogen (secondary N) is 1. The van der Waals surface area contributed by atoms with Crippen molar-refractivity contribution in [2.24, 2.45) is 5.73 Å². The maximum atomic E-state index is 12.2. The summed E-state index contributed by atoms with van der Waals surface area (Å²) in [5, 5.41) is 2.96. The van der Waals surface area contributed by atoms with Crippen molar-refractivity contribution in [1.82, 2.24) is 5.32 Å². The maximum Gasteiger partial charge on any atom is 0.254 e. The summed E-state index contributed by atoms with van der Waals surface area (Å²) in [7, 11) is 1.54. The molecule has 0 bridgehead atoms. The van der Waals surface area contributed by atoms with Gasteiger partial charge in [0.25, 0.3) is 5.91 Å². The zero-order valence-electron chi connectivity index (χ0n) is 11.8. The van der Waals surface area contributed by atoms with Crippen molar-refractivity contribution in [3.63, 3.8) is 0 Å². The summed E-state index contributed by atoms with van der Waals surface area (Å²) in [6.45, 7) is 2.58. The standard InChI is InChI=1S/C15H24N2O2/c1-3-4-10-13(11-16)17-15(18)14(19-2)12-8-6-5-7-9-12/h5-9,13-14H,3-4,10-11,16H2,1-2H3,(H,17,18). The first kappa shape index (κ1) is 15.7. The number of ether oxygens (including phenoxy) is 1. The number of carbonyl (C=O) groups is 1. The van der Waals surface area contributed by atoms with Crippen LogP contribution < -0.4 is 11.1 Å². The van der Waals surface area contributed by atoms with Crippen molar-refractivity contribution in [2.75, 3.05) is 13.7 Å². The average molecular weight is 264 g/mol. The summed E-state index contributed by atoms with van der Waals surface area (Å²) in [5.41, 5.74) is 6.54. The Balaban J connectivity index is 2.63. The molecule has 1 aromatic carbocycles. The van der Waals surface area contributed by atoms with Crippen molar-refractivity contribution in [3.05, 3.63) is 35.9 Å². The first-order valence-corrected chi connectivity index (χ1v) is 6.81. The molecule has 0 radical (unpaired) electrons.